The SMILES string of the molecule is C1=CCC2C=CN=C(c3cccs3)C2=C1. The highest BCUT2D eigenvalue weighted by Gasteiger charge is 2.21. The first-order valence-electron chi connectivity index (χ1n) is 5.10. The van der Waals surface area contributed by atoms with Gasteiger partial charge < -0.3 is 0 Å². The molecule has 2 heteroatoms. The van der Waals surface area contributed by atoms with Gasteiger partial charge in [0.2, 0.25) is 0 Å². The summed E-state index contributed by atoms with van der Waals surface area (Å²) in [6.45, 7) is 0. The largest absolute Gasteiger partial charge is 0.255 e. The van der Waals surface area contributed by atoms with Crippen molar-refractivity contribution in [3.05, 3.63) is 58.5 Å². The van der Waals surface area contributed by atoms with Crippen LogP contribution in [0.25, 0.3) is 0 Å². The molecular weight excluding hydrogens is 202 g/mol. The van der Waals surface area contributed by atoms with Crippen LogP contribution in [0.5, 0.6) is 0 Å². The predicted octanol–water partition coefficient (Wildman–Crippen LogP) is 3.57. The number of nitrogens with zero attached hydrogens (tertiary/aromatic N) is 1. The molecule has 0 bridgehead atoms. The first-order valence-corrected chi connectivity index (χ1v) is 5.98. The van der Waals surface area contributed by atoms with Gasteiger partial charge in [-0.1, -0.05) is 30.4 Å². The molecule has 0 spiro atoms. The Kier molecular flexibility index (Phi) is 2.14. The molecule has 3 rings (SSSR count). The molecular formula is C13H11NS. The molecule has 1 aliphatic heterocycles. The van der Waals surface area contributed by atoms with E-state index in [0.717, 1.165) is 12.1 Å². The third-order valence-electron chi connectivity index (χ3n) is 2.75. The molecule has 1 aromatic rings. The van der Waals surface area contributed by atoms with Gasteiger partial charge in [-0.15, -0.1) is 11.3 Å². The maximum atomic E-state index is 4.50. The Morgan fingerprint density at radius 1 is 1.40 bits per heavy atom. The van der Waals surface area contributed by atoms with Crippen LogP contribution in [0, 0.1) is 5.92 Å². The molecule has 0 saturated carbocycles. The highest BCUT2D eigenvalue weighted by atomic mass is 32.1. The van der Waals surface area contributed by atoms with Crippen molar-refractivity contribution in [1.82, 2.24) is 0 Å². The van der Waals surface area contributed by atoms with Crippen molar-refractivity contribution in [2.45, 2.75) is 6.42 Å². The van der Waals surface area contributed by atoms with Gasteiger partial charge >= 0.3 is 0 Å². The molecule has 1 aliphatic carbocycles. The zero-order valence-electron chi connectivity index (χ0n) is 8.26. The molecule has 1 aromatic heterocycles. The fraction of sp³-hybridized carbons (Fsp3) is 0.154. The van der Waals surface area contributed by atoms with Crippen LogP contribution in [0.4, 0.5) is 0 Å². The molecule has 74 valence electrons. The van der Waals surface area contributed by atoms with Gasteiger partial charge in [-0.3, -0.25) is 4.99 Å². The van der Waals surface area contributed by atoms with Gasteiger partial charge in [0.15, 0.2) is 0 Å². The third kappa shape index (κ3) is 1.51. The zero-order valence-corrected chi connectivity index (χ0v) is 9.08. The van der Waals surface area contributed by atoms with E-state index >= 15 is 0 Å². The van der Waals surface area contributed by atoms with E-state index in [1.807, 2.05) is 6.20 Å². The summed E-state index contributed by atoms with van der Waals surface area (Å²) in [7, 11) is 0. The first kappa shape index (κ1) is 8.86. The van der Waals surface area contributed by atoms with E-state index in [2.05, 4.69) is 46.8 Å². The van der Waals surface area contributed by atoms with Gasteiger partial charge in [-0.05, 0) is 23.4 Å². The minimum atomic E-state index is 0.532. The second-order valence-electron chi connectivity index (χ2n) is 3.69. The standard InChI is InChI=1S/C13H11NS/c1-2-5-11-10(4-1)7-8-14-13(11)12-6-3-9-15-12/h1-3,5-10H,4H2. The van der Waals surface area contributed by atoms with Crippen molar-refractivity contribution >= 4 is 17.0 Å². The van der Waals surface area contributed by atoms with Crippen molar-refractivity contribution in [3.8, 4) is 0 Å². The van der Waals surface area contributed by atoms with Gasteiger partial charge in [-0.2, -0.15) is 0 Å². The summed E-state index contributed by atoms with van der Waals surface area (Å²) in [5.41, 5.74) is 2.52. The number of thiophene rings is 1. The number of allylic oxidation sites excluding steroid dienone is 5. The van der Waals surface area contributed by atoms with E-state index in [-0.39, 0.29) is 0 Å². The predicted molar refractivity (Wildman–Crippen MR) is 65.3 cm³/mol. The normalized spacial score (nSPS) is 23.3. The number of aliphatic imine (C=N–C) groups is 1. The maximum Gasteiger partial charge on any atom is 0.0839 e. The summed E-state index contributed by atoms with van der Waals surface area (Å²) in [4.78, 5) is 5.77. The maximum absolute atomic E-state index is 4.50. The van der Waals surface area contributed by atoms with Crippen LogP contribution in [-0.2, 0) is 0 Å². The molecule has 0 fully saturated rings. The quantitative estimate of drug-likeness (QED) is 0.676. The van der Waals surface area contributed by atoms with Crippen LogP contribution in [0.1, 0.15) is 11.3 Å². The minimum Gasteiger partial charge on any atom is -0.255 e. The second-order valence-corrected chi connectivity index (χ2v) is 4.64. The van der Waals surface area contributed by atoms with Crippen LogP contribution in [0.15, 0.2) is 58.6 Å². The number of fused-ring (bicyclic) bond motifs is 1. The lowest BCUT2D eigenvalue weighted by atomic mass is 9.86. The first-order chi connectivity index (χ1) is 7.45. The Balaban J connectivity index is 2.08. The molecule has 0 N–H and O–H groups in total. The van der Waals surface area contributed by atoms with Crippen molar-refractivity contribution in [3.63, 3.8) is 0 Å². The zero-order chi connectivity index (χ0) is 10.1. The minimum absolute atomic E-state index is 0.532. The van der Waals surface area contributed by atoms with E-state index < -0.39 is 0 Å². The van der Waals surface area contributed by atoms with Gasteiger partial charge in [0.05, 0.1) is 10.6 Å². The van der Waals surface area contributed by atoms with Crippen molar-refractivity contribution in [2.75, 3.05) is 0 Å². The van der Waals surface area contributed by atoms with Crippen molar-refractivity contribution in [2.24, 2.45) is 10.9 Å². The molecule has 2 aliphatic rings. The van der Waals surface area contributed by atoms with Gasteiger partial charge in [0.1, 0.15) is 0 Å². The van der Waals surface area contributed by atoms with Crippen LogP contribution in [-0.4, -0.2) is 5.71 Å². The molecule has 0 saturated heterocycles. The van der Waals surface area contributed by atoms with Crippen LogP contribution < -0.4 is 0 Å². The molecule has 0 aromatic carbocycles. The van der Waals surface area contributed by atoms with Gasteiger partial charge in [0.25, 0.3) is 0 Å². The third-order valence-corrected chi connectivity index (χ3v) is 3.63. The number of hydrogen-bond donors (Lipinski definition) is 0. The highest BCUT2D eigenvalue weighted by molar-refractivity contribution is 7.12. The summed E-state index contributed by atoms with van der Waals surface area (Å²) in [6.07, 6.45) is 11.8. The van der Waals surface area contributed by atoms with E-state index in [4.69, 9.17) is 0 Å². The Bertz CT molecular complexity index is 475. The van der Waals surface area contributed by atoms with Gasteiger partial charge in [-0.25, -0.2) is 0 Å². The average Bonchev–Trinajstić information content (AvgIpc) is 2.82. The van der Waals surface area contributed by atoms with E-state index in [1.165, 1.54) is 10.5 Å². The Morgan fingerprint density at radius 3 is 3.27 bits per heavy atom. The van der Waals surface area contributed by atoms with Crippen LogP contribution in [0.2, 0.25) is 0 Å². The summed E-state index contributed by atoms with van der Waals surface area (Å²) in [5, 5.41) is 2.10. The summed E-state index contributed by atoms with van der Waals surface area (Å²) < 4.78 is 0. The Labute approximate surface area is 93.2 Å². The van der Waals surface area contributed by atoms with Crippen LogP contribution >= 0.6 is 11.3 Å². The summed E-state index contributed by atoms with van der Waals surface area (Å²) in [5.74, 6) is 0.532. The Morgan fingerprint density at radius 2 is 2.40 bits per heavy atom. The van der Waals surface area contributed by atoms with Gasteiger partial charge in [0, 0.05) is 12.1 Å². The Hall–Kier alpha value is -1.41. The van der Waals surface area contributed by atoms with Crippen molar-refractivity contribution < 1.29 is 0 Å². The number of hydrogen-bond acceptors (Lipinski definition) is 2. The molecule has 1 atom stereocenters. The average molecular weight is 213 g/mol. The molecule has 2 heterocycles. The lowest BCUT2D eigenvalue weighted by molar-refractivity contribution is 0.786. The number of rotatable bonds is 1. The monoisotopic (exact) mass is 213 g/mol. The van der Waals surface area contributed by atoms with E-state index in [1.54, 1.807) is 11.3 Å². The fourth-order valence-electron chi connectivity index (χ4n) is 2.00. The fourth-order valence-corrected chi connectivity index (χ4v) is 2.74. The molecule has 0 radical (unpaired) electrons. The lowest BCUT2D eigenvalue weighted by Crippen LogP contribution is -2.15. The van der Waals surface area contributed by atoms with Crippen LogP contribution in [0.3, 0.4) is 0 Å². The lowest BCUT2D eigenvalue weighted by Gasteiger charge is -2.21. The van der Waals surface area contributed by atoms with E-state index in [0.29, 0.717) is 5.92 Å². The topological polar surface area (TPSA) is 12.4 Å². The highest BCUT2D eigenvalue weighted by Crippen LogP contribution is 2.30. The second kappa shape index (κ2) is 3.63. The summed E-state index contributed by atoms with van der Waals surface area (Å²) >= 11 is 1.76. The molecule has 1 unspecified atom stereocenters. The molecule has 1 nitrogen and oxygen atoms in total. The molecule has 0 amide bonds. The van der Waals surface area contributed by atoms with Crippen molar-refractivity contribution in [1.29, 1.82) is 0 Å². The molecule has 15 heavy (non-hydrogen) atoms. The van der Waals surface area contributed by atoms with E-state index in [9.17, 15) is 0 Å². The summed E-state index contributed by atoms with van der Waals surface area (Å²) in [6, 6.07) is 4.22. The smallest absolute Gasteiger partial charge is 0.0839 e.